The fourth-order valence-corrected chi connectivity index (χ4v) is 4.74. The van der Waals surface area contributed by atoms with Gasteiger partial charge >= 0.3 is 6.09 Å². The van der Waals surface area contributed by atoms with Gasteiger partial charge in [-0.1, -0.05) is 23.7 Å². The van der Waals surface area contributed by atoms with Gasteiger partial charge in [0.05, 0.1) is 16.8 Å². The lowest BCUT2D eigenvalue weighted by atomic mass is 9.82. The third-order valence-corrected chi connectivity index (χ3v) is 6.75. The van der Waals surface area contributed by atoms with Gasteiger partial charge in [-0.25, -0.2) is 9.48 Å². The van der Waals surface area contributed by atoms with Gasteiger partial charge in [-0.2, -0.15) is 5.10 Å². The largest absolute Gasteiger partial charge is 0.489 e. The molecule has 7 nitrogen and oxygen atoms in total. The second kappa shape index (κ2) is 10.1. The molecule has 1 aromatic heterocycles. The summed E-state index contributed by atoms with van der Waals surface area (Å²) in [7, 11) is 1.77. The van der Waals surface area contributed by atoms with Crippen LogP contribution in [0.2, 0.25) is 5.02 Å². The number of carbonyl (C=O) groups is 1. The minimum Gasteiger partial charge on any atom is -0.489 e. The number of halogens is 1. The molecule has 4 rings (SSSR count). The molecule has 1 aliphatic heterocycles. The van der Waals surface area contributed by atoms with Gasteiger partial charge < -0.3 is 14.4 Å². The number of amides is 1. The number of aryl methyl sites for hydroxylation is 2. The first-order chi connectivity index (χ1) is 15.4. The first-order valence-corrected chi connectivity index (χ1v) is 11.9. The van der Waals surface area contributed by atoms with Crippen LogP contribution in [0, 0.1) is 12.8 Å². The Bertz CT molecular complexity index is 935. The molecule has 1 saturated heterocycles. The van der Waals surface area contributed by atoms with E-state index >= 15 is 0 Å². The quantitative estimate of drug-likeness (QED) is 0.569. The third kappa shape index (κ3) is 5.38. The molecule has 1 aromatic carbocycles. The number of ether oxygens (including phenoxy) is 2. The van der Waals surface area contributed by atoms with Gasteiger partial charge in [-0.15, -0.1) is 0 Å². The fourth-order valence-electron chi connectivity index (χ4n) is 4.51. The van der Waals surface area contributed by atoms with Gasteiger partial charge in [-0.05, 0) is 70.2 Å². The highest BCUT2D eigenvalue weighted by molar-refractivity contribution is 6.32. The van der Waals surface area contributed by atoms with Crippen molar-refractivity contribution in [2.45, 2.75) is 58.7 Å². The van der Waals surface area contributed by atoms with Crippen molar-refractivity contribution in [2.75, 3.05) is 26.7 Å². The third-order valence-electron chi connectivity index (χ3n) is 6.32. The number of rotatable bonds is 8. The van der Waals surface area contributed by atoms with Crippen LogP contribution in [-0.2, 0) is 13.1 Å². The van der Waals surface area contributed by atoms with E-state index in [1.165, 1.54) is 12.8 Å². The monoisotopic (exact) mass is 460 g/mol. The number of likely N-dealkylation sites (tertiary alicyclic amines) is 1. The number of hydrogen-bond donors (Lipinski definition) is 0. The van der Waals surface area contributed by atoms with Crippen LogP contribution in [0.25, 0.3) is 0 Å². The van der Waals surface area contributed by atoms with E-state index in [0.717, 1.165) is 54.5 Å². The van der Waals surface area contributed by atoms with Crippen molar-refractivity contribution in [1.82, 2.24) is 19.6 Å². The topological polar surface area (TPSA) is 59.8 Å². The zero-order chi connectivity index (χ0) is 22.7. The molecule has 1 amide bonds. The molecule has 0 radical (unpaired) electrons. The molecule has 0 N–H and O–H groups in total. The zero-order valence-corrected chi connectivity index (χ0v) is 20.0. The van der Waals surface area contributed by atoms with E-state index in [9.17, 15) is 4.79 Å². The average molecular weight is 461 g/mol. The van der Waals surface area contributed by atoms with E-state index in [1.54, 1.807) is 22.7 Å². The van der Waals surface area contributed by atoms with Crippen LogP contribution in [0.1, 0.15) is 43.9 Å². The summed E-state index contributed by atoms with van der Waals surface area (Å²) < 4.78 is 13.4. The summed E-state index contributed by atoms with van der Waals surface area (Å²) in [6.07, 6.45) is 4.10. The van der Waals surface area contributed by atoms with Gasteiger partial charge in [0.2, 0.25) is 5.88 Å². The van der Waals surface area contributed by atoms with Gasteiger partial charge in [0.15, 0.2) is 0 Å². The zero-order valence-electron chi connectivity index (χ0n) is 19.2. The Hall–Kier alpha value is -2.25. The highest BCUT2D eigenvalue weighted by Crippen LogP contribution is 2.36. The van der Waals surface area contributed by atoms with E-state index in [1.807, 2.05) is 26.0 Å². The van der Waals surface area contributed by atoms with Crippen LogP contribution in [0.4, 0.5) is 4.79 Å². The minimum absolute atomic E-state index is 0.133. The van der Waals surface area contributed by atoms with Crippen LogP contribution in [0.3, 0.4) is 0 Å². The van der Waals surface area contributed by atoms with E-state index in [-0.39, 0.29) is 12.2 Å². The summed E-state index contributed by atoms with van der Waals surface area (Å²) in [6, 6.07) is 7.84. The average Bonchev–Trinajstić information content (AvgIpc) is 3.37. The Labute approximate surface area is 195 Å². The predicted octanol–water partition coefficient (Wildman–Crippen LogP) is 4.75. The molecular formula is C24H33ClN4O3. The second-order valence-electron chi connectivity index (χ2n) is 8.98. The van der Waals surface area contributed by atoms with Crippen molar-refractivity contribution in [3.8, 4) is 11.6 Å². The Morgan fingerprint density at radius 2 is 2.03 bits per heavy atom. The standard InChI is InChI=1S/C24H33ClN4O3/c1-4-29-22(12-17(2)26-29)32-24(30)27(3)15-18-13-20(14-18)31-21-9-7-8-19(23(21)25)16-28-10-5-6-11-28/h7-9,12,18,20H,4-6,10-11,13-16H2,1-3H3. The smallest absolute Gasteiger partial charge is 0.416 e. The summed E-state index contributed by atoms with van der Waals surface area (Å²) in [6.45, 7) is 8.31. The molecule has 2 fully saturated rings. The number of nitrogens with zero attached hydrogens (tertiary/aromatic N) is 4. The highest BCUT2D eigenvalue weighted by atomic mass is 35.5. The summed E-state index contributed by atoms with van der Waals surface area (Å²) in [5.41, 5.74) is 1.96. The van der Waals surface area contributed by atoms with Crippen LogP contribution < -0.4 is 9.47 Å². The second-order valence-corrected chi connectivity index (χ2v) is 9.36. The van der Waals surface area contributed by atoms with Crippen molar-refractivity contribution in [1.29, 1.82) is 0 Å². The number of benzene rings is 1. The summed E-state index contributed by atoms with van der Waals surface area (Å²) in [4.78, 5) is 16.5. The summed E-state index contributed by atoms with van der Waals surface area (Å²) >= 11 is 6.65. The maximum atomic E-state index is 12.5. The maximum Gasteiger partial charge on any atom is 0.416 e. The highest BCUT2D eigenvalue weighted by Gasteiger charge is 2.33. The summed E-state index contributed by atoms with van der Waals surface area (Å²) in [5, 5.41) is 5.04. The van der Waals surface area contributed by atoms with Crippen molar-refractivity contribution in [2.24, 2.45) is 5.92 Å². The molecule has 0 unspecified atom stereocenters. The van der Waals surface area contributed by atoms with Crippen molar-refractivity contribution >= 4 is 17.7 Å². The normalized spacial score (nSPS) is 20.8. The molecule has 2 heterocycles. The Balaban J connectivity index is 1.24. The first kappa shape index (κ1) is 22.9. The van der Waals surface area contributed by atoms with Crippen molar-refractivity contribution in [3.05, 3.63) is 40.5 Å². The lowest BCUT2D eigenvalue weighted by molar-refractivity contribution is 0.0480. The maximum absolute atomic E-state index is 12.5. The Kier molecular flexibility index (Phi) is 7.26. The van der Waals surface area contributed by atoms with E-state index in [0.29, 0.717) is 24.9 Å². The lowest BCUT2D eigenvalue weighted by Crippen LogP contribution is -2.42. The number of hydrogen-bond acceptors (Lipinski definition) is 5. The molecule has 174 valence electrons. The van der Waals surface area contributed by atoms with Crippen molar-refractivity contribution < 1.29 is 14.3 Å². The SMILES string of the molecule is CCn1nc(C)cc1OC(=O)N(C)CC1CC(Oc2cccc(CN3CCCC3)c2Cl)C1. The molecule has 0 spiro atoms. The Morgan fingerprint density at radius 1 is 1.28 bits per heavy atom. The van der Waals surface area contributed by atoms with E-state index < -0.39 is 0 Å². The molecule has 0 bridgehead atoms. The van der Waals surface area contributed by atoms with E-state index in [4.69, 9.17) is 21.1 Å². The molecule has 2 aromatic rings. The van der Waals surface area contributed by atoms with Crippen LogP contribution in [0.15, 0.2) is 24.3 Å². The van der Waals surface area contributed by atoms with Gasteiger partial charge in [0.1, 0.15) is 5.75 Å². The molecule has 1 aliphatic carbocycles. The number of carbonyl (C=O) groups excluding carboxylic acids is 1. The first-order valence-electron chi connectivity index (χ1n) is 11.6. The van der Waals surface area contributed by atoms with Crippen LogP contribution >= 0.6 is 11.6 Å². The van der Waals surface area contributed by atoms with E-state index in [2.05, 4.69) is 16.1 Å². The lowest BCUT2D eigenvalue weighted by Gasteiger charge is -2.37. The molecule has 0 atom stereocenters. The predicted molar refractivity (Wildman–Crippen MR) is 124 cm³/mol. The van der Waals surface area contributed by atoms with Gasteiger partial charge in [0, 0.05) is 32.7 Å². The molecule has 8 heteroatoms. The minimum atomic E-state index is -0.360. The molecule has 1 saturated carbocycles. The number of aromatic nitrogens is 2. The molecule has 32 heavy (non-hydrogen) atoms. The fraction of sp³-hybridized carbons (Fsp3) is 0.583. The van der Waals surface area contributed by atoms with Crippen LogP contribution in [-0.4, -0.2) is 58.5 Å². The molecular weight excluding hydrogens is 428 g/mol. The van der Waals surface area contributed by atoms with Crippen LogP contribution in [0.5, 0.6) is 11.6 Å². The van der Waals surface area contributed by atoms with Gasteiger partial charge in [-0.3, -0.25) is 4.90 Å². The summed E-state index contributed by atoms with van der Waals surface area (Å²) in [5.74, 6) is 1.64. The Morgan fingerprint density at radius 3 is 2.75 bits per heavy atom. The van der Waals surface area contributed by atoms with Gasteiger partial charge in [0.25, 0.3) is 0 Å². The molecule has 2 aliphatic rings. The van der Waals surface area contributed by atoms with Crippen molar-refractivity contribution in [3.63, 3.8) is 0 Å².